The lowest BCUT2D eigenvalue weighted by Crippen LogP contribution is -1.95. The predicted octanol–water partition coefficient (Wildman–Crippen LogP) is 1.90. The predicted molar refractivity (Wildman–Crippen MR) is 31.7 cm³/mol. The molecule has 5 heteroatoms. The lowest BCUT2D eigenvalue weighted by molar-refractivity contribution is 0.385. The fraction of sp³-hybridized carbons (Fsp3) is 0. The van der Waals surface area contributed by atoms with Crippen LogP contribution in [0.2, 0.25) is 0 Å². The van der Waals surface area contributed by atoms with Crippen molar-refractivity contribution in [3.8, 4) is 0 Å². The number of benzene rings is 1. The first-order chi connectivity index (χ1) is 5.15. The molecule has 2 nitrogen and oxygen atoms in total. The van der Waals surface area contributed by atoms with Gasteiger partial charge in [0, 0.05) is 12.1 Å². The van der Waals surface area contributed by atoms with E-state index in [2.05, 4.69) is 0 Å². The minimum absolute atomic E-state index is 0.235. The molecular weight excluding hydrogens is 159 g/mol. The summed E-state index contributed by atoms with van der Waals surface area (Å²) in [4.78, 5) is 0. The zero-order valence-corrected chi connectivity index (χ0v) is 5.24. The van der Waals surface area contributed by atoms with Gasteiger partial charge in [0.15, 0.2) is 17.5 Å². The van der Waals surface area contributed by atoms with Crippen LogP contribution in [0.3, 0.4) is 0 Å². The number of halogens is 3. The summed E-state index contributed by atoms with van der Waals surface area (Å²) in [6.45, 7) is 0. The third-order valence-corrected chi connectivity index (χ3v) is 1.11. The van der Waals surface area contributed by atoms with Gasteiger partial charge in [0.05, 0.1) is 5.69 Å². The molecule has 0 radical (unpaired) electrons. The van der Waals surface area contributed by atoms with Crippen LogP contribution in [-0.2, 0) is 0 Å². The first-order valence-corrected chi connectivity index (χ1v) is 2.70. The number of anilines is 1. The highest BCUT2D eigenvalue weighted by atomic mass is 19.2. The first kappa shape index (κ1) is 7.87. The van der Waals surface area contributed by atoms with E-state index in [0.717, 1.165) is 0 Å². The highest BCUT2D eigenvalue weighted by Crippen LogP contribution is 2.16. The molecule has 0 amide bonds. The molecule has 1 rings (SSSR count). The monoisotopic (exact) mass is 163 g/mol. The summed E-state index contributed by atoms with van der Waals surface area (Å²) >= 11 is 0. The van der Waals surface area contributed by atoms with Crippen LogP contribution >= 0.6 is 0 Å². The van der Waals surface area contributed by atoms with Crippen molar-refractivity contribution in [2.75, 3.05) is 5.48 Å². The highest BCUT2D eigenvalue weighted by molar-refractivity contribution is 5.41. The number of hydrogen-bond acceptors (Lipinski definition) is 2. The van der Waals surface area contributed by atoms with Gasteiger partial charge in [-0.05, 0) is 0 Å². The Morgan fingerprint density at radius 3 is 1.91 bits per heavy atom. The fourth-order valence-electron chi connectivity index (χ4n) is 0.620. The highest BCUT2D eigenvalue weighted by Gasteiger charge is 2.09. The van der Waals surface area contributed by atoms with Gasteiger partial charge in [-0.25, -0.2) is 13.2 Å². The molecule has 0 aliphatic rings. The van der Waals surface area contributed by atoms with Gasteiger partial charge >= 0.3 is 0 Å². The van der Waals surface area contributed by atoms with E-state index in [1.807, 2.05) is 0 Å². The van der Waals surface area contributed by atoms with Crippen molar-refractivity contribution in [1.29, 1.82) is 0 Å². The summed E-state index contributed by atoms with van der Waals surface area (Å²) < 4.78 is 36.7. The van der Waals surface area contributed by atoms with Crippen LogP contribution in [0.5, 0.6) is 0 Å². The van der Waals surface area contributed by atoms with Crippen molar-refractivity contribution in [3.05, 3.63) is 29.6 Å². The Morgan fingerprint density at radius 1 is 1.09 bits per heavy atom. The second-order valence-corrected chi connectivity index (χ2v) is 1.87. The Hall–Kier alpha value is -1.23. The summed E-state index contributed by atoms with van der Waals surface area (Å²) in [5.41, 5.74) is 1.25. The van der Waals surface area contributed by atoms with Crippen LogP contribution < -0.4 is 5.48 Å². The summed E-state index contributed by atoms with van der Waals surface area (Å²) in [5.74, 6) is -4.24. The Kier molecular flexibility index (Phi) is 2.00. The number of rotatable bonds is 1. The van der Waals surface area contributed by atoms with Crippen molar-refractivity contribution >= 4 is 5.69 Å². The first-order valence-electron chi connectivity index (χ1n) is 2.70. The maximum Gasteiger partial charge on any atom is 0.194 e. The summed E-state index contributed by atoms with van der Waals surface area (Å²) in [5, 5.41) is 8.17. The minimum Gasteiger partial charge on any atom is -0.291 e. The lowest BCUT2D eigenvalue weighted by atomic mass is 10.3. The summed E-state index contributed by atoms with van der Waals surface area (Å²) in [7, 11) is 0. The molecule has 1 aromatic rings. The van der Waals surface area contributed by atoms with Gasteiger partial charge in [0.1, 0.15) is 0 Å². The van der Waals surface area contributed by atoms with Crippen LogP contribution in [0.15, 0.2) is 12.1 Å². The van der Waals surface area contributed by atoms with Crippen molar-refractivity contribution in [2.45, 2.75) is 0 Å². The molecule has 0 atom stereocenters. The van der Waals surface area contributed by atoms with Gasteiger partial charge in [-0.3, -0.25) is 10.7 Å². The third-order valence-electron chi connectivity index (χ3n) is 1.11. The van der Waals surface area contributed by atoms with Crippen LogP contribution in [0.1, 0.15) is 0 Å². The minimum atomic E-state index is -1.55. The Bertz CT molecular complexity index is 254. The molecule has 0 aliphatic heterocycles. The van der Waals surface area contributed by atoms with E-state index in [1.54, 1.807) is 0 Å². The largest absolute Gasteiger partial charge is 0.291 e. The van der Waals surface area contributed by atoms with E-state index in [4.69, 9.17) is 5.21 Å². The SMILES string of the molecule is ONc1cc(F)c(F)c(F)c1. The van der Waals surface area contributed by atoms with Crippen molar-refractivity contribution in [2.24, 2.45) is 0 Å². The quantitative estimate of drug-likeness (QED) is 0.489. The topological polar surface area (TPSA) is 32.3 Å². The molecular formula is C6H4F3NO. The molecule has 0 bridgehead atoms. The second kappa shape index (κ2) is 2.79. The molecule has 0 saturated carbocycles. The van der Waals surface area contributed by atoms with E-state index in [-0.39, 0.29) is 5.69 Å². The molecule has 0 aliphatic carbocycles. The summed E-state index contributed by atoms with van der Waals surface area (Å²) in [6.07, 6.45) is 0. The van der Waals surface area contributed by atoms with E-state index < -0.39 is 17.5 Å². The van der Waals surface area contributed by atoms with E-state index in [9.17, 15) is 13.2 Å². The zero-order chi connectivity index (χ0) is 8.43. The Balaban J connectivity index is 3.21. The van der Waals surface area contributed by atoms with Crippen LogP contribution in [0.25, 0.3) is 0 Å². The molecule has 0 fully saturated rings. The van der Waals surface area contributed by atoms with E-state index in [0.29, 0.717) is 12.1 Å². The van der Waals surface area contributed by atoms with Crippen LogP contribution in [0.4, 0.5) is 18.9 Å². The van der Waals surface area contributed by atoms with Crippen molar-refractivity contribution in [1.82, 2.24) is 0 Å². The smallest absolute Gasteiger partial charge is 0.194 e. The normalized spacial score (nSPS) is 9.82. The second-order valence-electron chi connectivity index (χ2n) is 1.87. The maximum absolute atomic E-state index is 12.3. The molecule has 11 heavy (non-hydrogen) atoms. The van der Waals surface area contributed by atoms with E-state index >= 15 is 0 Å². The molecule has 1 aromatic carbocycles. The molecule has 60 valence electrons. The van der Waals surface area contributed by atoms with Gasteiger partial charge in [0.25, 0.3) is 0 Å². The van der Waals surface area contributed by atoms with Gasteiger partial charge in [0.2, 0.25) is 0 Å². The molecule has 2 N–H and O–H groups in total. The van der Waals surface area contributed by atoms with Gasteiger partial charge in [-0.1, -0.05) is 0 Å². The van der Waals surface area contributed by atoms with Gasteiger partial charge in [-0.15, -0.1) is 0 Å². The number of hydrogen-bond donors (Lipinski definition) is 2. The molecule has 0 spiro atoms. The van der Waals surface area contributed by atoms with Gasteiger partial charge < -0.3 is 0 Å². The third kappa shape index (κ3) is 1.43. The average molecular weight is 163 g/mol. The van der Waals surface area contributed by atoms with Crippen LogP contribution in [-0.4, -0.2) is 5.21 Å². The molecule has 0 aromatic heterocycles. The molecule has 0 saturated heterocycles. The molecule has 0 unspecified atom stereocenters. The van der Waals surface area contributed by atoms with Crippen LogP contribution in [0, 0.1) is 17.5 Å². The fourth-order valence-corrected chi connectivity index (χ4v) is 0.620. The average Bonchev–Trinajstić information content (AvgIpc) is 1.99. The Labute approximate surface area is 60.2 Å². The Morgan fingerprint density at radius 2 is 1.55 bits per heavy atom. The molecule has 0 heterocycles. The standard InChI is InChI=1S/C6H4F3NO/c7-4-1-3(10-11)2-5(8)6(4)9/h1-2,10-11H. The zero-order valence-electron chi connectivity index (χ0n) is 5.24. The van der Waals surface area contributed by atoms with Gasteiger partial charge in [-0.2, -0.15) is 0 Å². The maximum atomic E-state index is 12.3. The number of nitrogens with one attached hydrogen (secondary N) is 1. The summed E-state index contributed by atoms with van der Waals surface area (Å²) in [6, 6.07) is 1.27. The lowest BCUT2D eigenvalue weighted by Gasteiger charge is -1.99. The van der Waals surface area contributed by atoms with Crippen molar-refractivity contribution < 1.29 is 18.4 Å². The van der Waals surface area contributed by atoms with E-state index in [1.165, 1.54) is 5.48 Å². The van der Waals surface area contributed by atoms with Crippen molar-refractivity contribution in [3.63, 3.8) is 0 Å².